The van der Waals surface area contributed by atoms with E-state index in [4.69, 9.17) is 23.2 Å². The van der Waals surface area contributed by atoms with Gasteiger partial charge < -0.3 is 10.4 Å². The highest BCUT2D eigenvalue weighted by Crippen LogP contribution is 2.23. The van der Waals surface area contributed by atoms with Gasteiger partial charge in [0.1, 0.15) is 0 Å². The van der Waals surface area contributed by atoms with E-state index in [9.17, 15) is 5.11 Å². The van der Waals surface area contributed by atoms with Crippen molar-refractivity contribution in [3.05, 3.63) is 33.8 Å². The summed E-state index contributed by atoms with van der Waals surface area (Å²) in [5.74, 6) is 0. The number of aliphatic hydroxyl groups excluding tert-OH is 1. The van der Waals surface area contributed by atoms with Crippen molar-refractivity contribution in [2.75, 3.05) is 6.54 Å². The van der Waals surface area contributed by atoms with Crippen LogP contribution in [0.15, 0.2) is 18.2 Å². The van der Waals surface area contributed by atoms with Crippen molar-refractivity contribution in [2.45, 2.75) is 37.8 Å². The molecule has 2 unspecified atom stereocenters. The molecule has 1 saturated heterocycles. The van der Waals surface area contributed by atoms with Gasteiger partial charge in [0.15, 0.2) is 0 Å². The topological polar surface area (TPSA) is 32.3 Å². The Kier molecular flexibility index (Phi) is 4.69. The van der Waals surface area contributed by atoms with Crippen LogP contribution >= 0.6 is 23.2 Å². The number of halogens is 2. The molecule has 2 N–H and O–H groups in total. The molecule has 1 heterocycles. The van der Waals surface area contributed by atoms with Crippen LogP contribution in [0.2, 0.25) is 10.0 Å². The zero-order chi connectivity index (χ0) is 12.3. The molecule has 2 atom stereocenters. The van der Waals surface area contributed by atoms with Gasteiger partial charge in [0, 0.05) is 22.5 Å². The van der Waals surface area contributed by atoms with Gasteiger partial charge in [0.05, 0.1) is 6.10 Å². The number of nitrogens with one attached hydrogen (secondary N) is 1. The van der Waals surface area contributed by atoms with Gasteiger partial charge in [0.2, 0.25) is 0 Å². The summed E-state index contributed by atoms with van der Waals surface area (Å²) in [6.45, 7) is 0.996. The lowest BCUT2D eigenvalue weighted by Crippen LogP contribution is -2.44. The fourth-order valence-electron chi connectivity index (χ4n) is 2.26. The van der Waals surface area contributed by atoms with Crippen LogP contribution in [-0.2, 0) is 6.42 Å². The average molecular weight is 274 g/mol. The van der Waals surface area contributed by atoms with Gasteiger partial charge in [-0.25, -0.2) is 0 Å². The van der Waals surface area contributed by atoms with Crippen LogP contribution in [0.5, 0.6) is 0 Å². The minimum atomic E-state index is -0.381. The van der Waals surface area contributed by atoms with Gasteiger partial charge in [-0.05, 0) is 37.1 Å². The first-order valence-electron chi connectivity index (χ1n) is 6.02. The zero-order valence-corrected chi connectivity index (χ0v) is 11.1. The molecule has 0 spiro atoms. The van der Waals surface area contributed by atoms with E-state index in [1.54, 1.807) is 6.07 Å². The summed E-state index contributed by atoms with van der Waals surface area (Å²) < 4.78 is 0. The van der Waals surface area contributed by atoms with Crippen LogP contribution in [0, 0.1) is 0 Å². The van der Waals surface area contributed by atoms with E-state index in [1.165, 1.54) is 12.8 Å². The Hall–Kier alpha value is -0.280. The van der Waals surface area contributed by atoms with Crippen molar-refractivity contribution in [3.63, 3.8) is 0 Å². The van der Waals surface area contributed by atoms with Crippen molar-refractivity contribution in [2.24, 2.45) is 0 Å². The van der Waals surface area contributed by atoms with E-state index in [2.05, 4.69) is 5.32 Å². The molecule has 17 heavy (non-hydrogen) atoms. The molecule has 1 aromatic rings. The molecule has 4 heteroatoms. The van der Waals surface area contributed by atoms with Gasteiger partial charge in [-0.2, -0.15) is 0 Å². The SMILES string of the molecule is OC(Cc1ccc(Cl)cc1Cl)C1CCCCN1. The molecule has 2 nitrogen and oxygen atoms in total. The third-order valence-electron chi connectivity index (χ3n) is 3.26. The van der Waals surface area contributed by atoms with Crippen molar-refractivity contribution in [1.29, 1.82) is 0 Å². The number of rotatable bonds is 3. The third kappa shape index (κ3) is 3.59. The lowest BCUT2D eigenvalue weighted by Gasteiger charge is -2.28. The molecule has 0 bridgehead atoms. The largest absolute Gasteiger partial charge is 0.391 e. The molecule has 0 amide bonds. The van der Waals surface area contributed by atoms with Crippen LogP contribution in [0.4, 0.5) is 0 Å². The first-order chi connectivity index (χ1) is 8.16. The molecule has 0 aliphatic carbocycles. The Bertz CT molecular complexity index is 378. The molecule has 1 aromatic carbocycles. The Balaban J connectivity index is 1.99. The van der Waals surface area contributed by atoms with E-state index < -0.39 is 0 Å². The van der Waals surface area contributed by atoms with E-state index in [1.807, 2.05) is 12.1 Å². The molecule has 0 saturated carbocycles. The number of hydrogen-bond acceptors (Lipinski definition) is 2. The zero-order valence-electron chi connectivity index (χ0n) is 9.63. The van der Waals surface area contributed by atoms with Crippen LogP contribution in [0.25, 0.3) is 0 Å². The lowest BCUT2D eigenvalue weighted by atomic mass is 9.95. The van der Waals surface area contributed by atoms with E-state index >= 15 is 0 Å². The van der Waals surface area contributed by atoms with Gasteiger partial charge in [-0.1, -0.05) is 35.7 Å². The van der Waals surface area contributed by atoms with Crippen LogP contribution in [0.3, 0.4) is 0 Å². The molecule has 0 aromatic heterocycles. The summed E-state index contributed by atoms with van der Waals surface area (Å²) in [7, 11) is 0. The summed E-state index contributed by atoms with van der Waals surface area (Å²) >= 11 is 11.9. The number of aliphatic hydroxyl groups is 1. The predicted octanol–water partition coefficient (Wildman–Crippen LogP) is 3.04. The second-order valence-corrected chi connectivity index (χ2v) is 5.41. The van der Waals surface area contributed by atoms with Crippen LogP contribution in [-0.4, -0.2) is 23.8 Å². The quantitative estimate of drug-likeness (QED) is 0.888. The third-order valence-corrected chi connectivity index (χ3v) is 3.84. The fraction of sp³-hybridized carbons (Fsp3) is 0.538. The van der Waals surface area contributed by atoms with Gasteiger partial charge in [-0.15, -0.1) is 0 Å². The molecule has 94 valence electrons. The monoisotopic (exact) mass is 273 g/mol. The lowest BCUT2D eigenvalue weighted by molar-refractivity contribution is 0.113. The Labute approximate surface area is 112 Å². The molecule has 0 radical (unpaired) electrons. The summed E-state index contributed by atoms with van der Waals surface area (Å²) in [6, 6.07) is 5.61. The van der Waals surface area contributed by atoms with Crippen molar-refractivity contribution in [3.8, 4) is 0 Å². The van der Waals surface area contributed by atoms with Crippen LogP contribution in [0.1, 0.15) is 24.8 Å². The highest BCUT2D eigenvalue weighted by molar-refractivity contribution is 6.35. The standard InChI is InChI=1S/C13H17Cl2NO/c14-10-5-4-9(11(15)8-10)7-13(17)12-3-1-2-6-16-12/h4-5,8,12-13,16-17H,1-3,6-7H2. The summed E-state index contributed by atoms with van der Waals surface area (Å²) in [5.41, 5.74) is 0.955. The molecule has 2 rings (SSSR count). The highest BCUT2D eigenvalue weighted by atomic mass is 35.5. The van der Waals surface area contributed by atoms with Crippen molar-refractivity contribution < 1.29 is 5.11 Å². The Morgan fingerprint density at radius 1 is 1.35 bits per heavy atom. The summed E-state index contributed by atoms with van der Waals surface area (Å²) in [5, 5.41) is 14.8. The van der Waals surface area contributed by atoms with Gasteiger partial charge >= 0.3 is 0 Å². The maximum Gasteiger partial charge on any atom is 0.0733 e. The Morgan fingerprint density at radius 3 is 2.82 bits per heavy atom. The van der Waals surface area contributed by atoms with E-state index in [-0.39, 0.29) is 12.1 Å². The highest BCUT2D eigenvalue weighted by Gasteiger charge is 2.21. The first kappa shape index (κ1) is 13.2. The number of benzene rings is 1. The fourth-order valence-corrected chi connectivity index (χ4v) is 2.75. The number of hydrogen-bond donors (Lipinski definition) is 2. The predicted molar refractivity (Wildman–Crippen MR) is 71.8 cm³/mol. The first-order valence-corrected chi connectivity index (χ1v) is 6.78. The van der Waals surface area contributed by atoms with E-state index in [0.29, 0.717) is 16.5 Å². The maximum atomic E-state index is 10.2. The van der Waals surface area contributed by atoms with Crippen molar-refractivity contribution >= 4 is 23.2 Å². The molecule has 1 aliphatic heterocycles. The minimum absolute atomic E-state index is 0.190. The summed E-state index contributed by atoms with van der Waals surface area (Å²) in [6.07, 6.45) is 3.61. The second kappa shape index (κ2) is 6.05. The maximum absolute atomic E-state index is 10.2. The van der Waals surface area contributed by atoms with E-state index in [0.717, 1.165) is 18.5 Å². The Morgan fingerprint density at radius 2 is 2.18 bits per heavy atom. The average Bonchev–Trinajstić information content (AvgIpc) is 2.34. The molecule has 1 aliphatic rings. The smallest absolute Gasteiger partial charge is 0.0733 e. The minimum Gasteiger partial charge on any atom is -0.391 e. The number of piperidine rings is 1. The van der Waals surface area contributed by atoms with Gasteiger partial charge in [-0.3, -0.25) is 0 Å². The second-order valence-electron chi connectivity index (χ2n) is 4.56. The molecular weight excluding hydrogens is 257 g/mol. The normalized spacial score (nSPS) is 22.4. The van der Waals surface area contributed by atoms with Crippen LogP contribution < -0.4 is 5.32 Å². The molecular formula is C13H17Cl2NO. The van der Waals surface area contributed by atoms with Crippen molar-refractivity contribution in [1.82, 2.24) is 5.32 Å². The van der Waals surface area contributed by atoms with Gasteiger partial charge in [0.25, 0.3) is 0 Å². The summed E-state index contributed by atoms with van der Waals surface area (Å²) in [4.78, 5) is 0. The molecule has 1 fully saturated rings.